The van der Waals surface area contributed by atoms with E-state index in [1.54, 1.807) is 12.1 Å². The van der Waals surface area contributed by atoms with Crippen LogP contribution >= 0.6 is 22.9 Å². The van der Waals surface area contributed by atoms with Crippen LogP contribution in [0.2, 0.25) is 5.02 Å². The maximum atomic E-state index is 13.4. The van der Waals surface area contributed by atoms with Crippen LogP contribution < -0.4 is 0 Å². The molecule has 0 saturated heterocycles. The Balaban J connectivity index is 1.30. The summed E-state index contributed by atoms with van der Waals surface area (Å²) in [6, 6.07) is 22.6. The Labute approximate surface area is 213 Å². The number of benzene rings is 3. The highest BCUT2D eigenvalue weighted by atomic mass is 35.5. The van der Waals surface area contributed by atoms with Crippen LogP contribution in [-0.4, -0.2) is 27.2 Å². The van der Waals surface area contributed by atoms with Gasteiger partial charge in [0.25, 0.3) is 5.91 Å². The van der Waals surface area contributed by atoms with Gasteiger partial charge in [-0.3, -0.25) is 9.69 Å². The van der Waals surface area contributed by atoms with E-state index in [-0.39, 0.29) is 11.7 Å². The highest BCUT2D eigenvalue weighted by Crippen LogP contribution is 2.23. The summed E-state index contributed by atoms with van der Waals surface area (Å²) >= 11 is 7.55. The summed E-state index contributed by atoms with van der Waals surface area (Å²) in [7, 11) is 0. The average Bonchev–Trinajstić information content (AvgIpc) is 3.34. The van der Waals surface area contributed by atoms with Crippen molar-refractivity contribution in [1.29, 1.82) is 0 Å². The Bertz CT molecular complexity index is 1260. The van der Waals surface area contributed by atoms with E-state index < -0.39 is 0 Å². The molecule has 0 spiro atoms. The third-order valence-electron chi connectivity index (χ3n) is 6.19. The molecule has 178 valence electrons. The number of hydrogen-bond acceptors (Lipinski definition) is 4. The molecule has 2 heterocycles. The van der Waals surface area contributed by atoms with Gasteiger partial charge in [0.05, 0.1) is 6.54 Å². The Morgan fingerprint density at radius 1 is 0.943 bits per heavy atom. The normalized spacial score (nSPS) is 13.2. The van der Waals surface area contributed by atoms with Gasteiger partial charge in [-0.1, -0.05) is 60.1 Å². The van der Waals surface area contributed by atoms with Crippen LogP contribution in [-0.2, 0) is 32.6 Å². The molecule has 7 heteroatoms. The fraction of sp³-hybridized carbons (Fsp3) is 0.214. The Kier molecular flexibility index (Phi) is 7.23. The van der Waals surface area contributed by atoms with Gasteiger partial charge in [-0.2, -0.15) is 0 Å². The molecule has 4 aromatic rings. The SMILES string of the molecule is O=C(c1csc(CN(Cc2ccc(F)cc2)Cc2ccc(Cl)cc2)n1)N1CCc2ccccc2C1. The second-order valence-corrected chi connectivity index (χ2v) is 10.1. The smallest absolute Gasteiger partial charge is 0.273 e. The molecule has 1 aliphatic rings. The molecule has 0 fully saturated rings. The summed E-state index contributed by atoms with van der Waals surface area (Å²) in [5.41, 5.74) is 5.15. The van der Waals surface area contributed by atoms with Crippen LogP contribution in [0.15, 0.2) is 78.2 Å². The number of thiazole rings is 1. The number of rotatable bonds is 7. The minimum absolute atomic E-state index is 0.0233. The van der Waals surface area contributed by atoms with Crippen molar-refractivity contribution >= 4 is 28.8 Å². The molecule has 0 N–H and O–H groups in total. The second-order valence-electron chi connectivity index (χ2n) is 8.77. The Hall–Kier alpha value is -3.06. The van der Waals surface area contributed by atoms with Crippen molar-refractivity contribution in [2.75, 3.05) is 6.54 Å². The Morgan fingerprint density at radius 2 is 1.60 bits per heavy atom. The minimum atomic E-state index is -0.249. The first-order valence-electron chi connectivity index (χ1n) is 11.6. The highest BCUT2D eigenvalue weighted by Gasteiger charge is 2.23. The monoisotopic (exact) mass is 505 g/mol. The van der Waals surface area contributed by atoms with Crippen molar-refractivity contribution in [2.45, 2.75) is 32.6 Å². The number of nitrogens with zero attached hydrogens (tertiary/aromatic N) is 3. The summed E-state index contributed by atoms with van der Waals surface area (Å²) in [4.78, 5) is 22.0. The molecule has 0 unspecified atom stereocenters. The van der Waals surface area contributed by atoms with Crippen LogP contribution in [0, 0.1) is 5.82 Å². The molecular formula is C28H25ClFN3OS. The maximum absolute atomic E-state index is 13.4. The van der Waals surface area contributed by atoms with Crippen LogP contribution in [0.1, 0.15) is 37.7 Å². The van der Waals surface area contributed by atoms with E-state index in [1.165, 1.54) is 34.6 Å². The Morgan fingerprint density at radius 3 is 2.31 bits per heavy atom. The lowest BCUT2D eigenvalue weighted by Gasteiger charge is -2.28. The topological polar surface area (TPSA) is 36.4 Å². The second kappa shape index (κ2) is 10.7. The number of carbonyl (C=O) groups excluding carboxylic acids is 1. The van der Waals surface area contributed by atoms with E-state index >= 15 is 0 Å². The largest absolute Gasteiger partial charge is 0.333 e. The quantitative estimate of drug-likeness (QED) is 0.294. The number of halogens is 2. The van der Waals surface area contributed by atoms with E-state index in [4.69, 9.17) is 16.6 Å². The molecule has 0 radical (unpaired) electrons. The van der Waals surface area contributed by atoms with Gasteiger partial charge in [-0.05, 0) is 52.9 Å². The number of amides is 1. The van der Waals surface area contributed by atoms with E-state index in [9.17, 15) is 9.18 Å². The first-order chi connectivity index (χ1) is 17.0. The molecule has 35 heavy (non-hydrogen) atoms. The zero-order chi connectivity index (χ0) is 24.2. The van der Waals surface area contributed by atoms with Gasteiger partial charge in [0.2, 0.25) is 0 Å². The third kappa shape index (κ3) is 5.96. The standard InChI is InChI=1S/C28H25ClFN3OS/c29-24-9-5-20(6-10-24)15-32(16-21-7-11-25(30)12-8-21)18-27-31-26(19-35-27)28(34)33-14-13-22-3-1-2-4-23(22)17-33/h1-12,19H,13-18H2. The van der Waals surface area contributed by atoms with Crippen molar-refractivity contribution in [1.82, 2.24) is 14.8 Å². The molecule has 1 amide bonds. The molecule has 1 aromatic heterocycles. The molecule has 5 rings (SSSR count). The molecular weight excluding hydrogens is 481 g/mol. The zero-order valence-electron chi connectivity index (χ0n) is 19.2. The van der Waals surface area contributed by atoms with Gasteiger partial charge < -0.3 is 4.90 Å². The van der Waals surface area contributed by atoms with Gasteiger partial charge in [-0.15, -0.1) is 11.3 Å². The molecule has 1 aliphatic heterocycles. The van der Waals surface area contributed by atoms with Crippen molar-refractivity contribution < 1.29 is 9.18 Å². The number of aromatic nitrogens is 1. The van der Waals surface area contributed by atoms with Crippen LogP contribution in [0.5, 0.6) is 0 Å². The van der Waals surface area contributed by atoms with E-state index in [1.807, 2.05) is 46.7 Å². The summed E-state index contributed by atoms with van der Waals surface area (Å²) in [5, 5.41) is 3.43. The fourth-order valence-corrected chi connectivity index (χ4v) is 5.30. The van der Waals surface area contributed by atoms with Crippen molar-refractivity contribution in [3.63, 3.8) is 0 Å². The van der Waals surface area contributed by atoms with Crippen molar-refractivity contribution in [3.05, 3.63) is 122 Å². The summed E-state index contributed by atoms with van der Waals surface area (Å²) in [5.74, 6) is -0.272. The van der Waals surface area contributed by atoms with Gasteiger partial charge in [0.15, 0.2) is 0 Å². The van der Waals surface area contributed by atoms with Gasteiger partial charge in [0.1, 0.15) is 16.5 Å². The van der Waals surface area contributed by atoms with E-state index in [0.717, 1.165) is 22.6 Å². The average molecular weight is 506 g/mol. The maximum Gasteiger partial charge on any atom is 0.273 e. The van der Waals surface area contributed by atoms with E-state index in [0.29, 0.717) is 43.4 Å². The van der Waals surface area contributed by atoms with Crippen LogP contribution in [0.3, 0.4) is 0 Å². The number of carbonyl (C=O) groups is 1. The number of fused-ring (bicyclic) bond motifs is 1. The lowest BCUT2D eigenvalue weighted by atomic mass is 10.00. The molecule has 0 saturated carbocycles. The highest BCUT2D eigenvalue weighted by molar-refractivity contribution is 7.09. The molecule has 0 atom stereocenters. The molecule has 3 aromatic carbocycles. The minimum Gasteiger partial charge on any atom is -0.333 e. The third-order valence-corrected chi connectivity index (χ3v) is 7.27. The van der Waals surface area contributed by atoms with Gasteiger partial charge in [-0.25, -0.2) is 9.37 Å². The lowest BCUT2D eigenvalue weighted by Crippen LogP contribution is -2.36. The predicted molar refractivity (Wildman–Crippen MR) is 138 cm³/mol. The summed E-state index contributed by atoms with van der Waals surface area (Å²) in [6.07, 6.45) is 0.867. The predicted octanol–water partition coefficient (Wildman–Crippen LogP) is 6.34. The summed E-state index contributed by atoms with van der Waals surface area (Å²) < 4.78 is 13.4. The fourth-order valence-electron chi connectivity index (χ4n) is 4.37. The number of hydrogen-bond donors (Lipinski definition) is 0. The van der Waals surface area contributed by atoms with Crippen molar-refractivity contribution in [2.24, 2.45) is 0 Å². The summed E-state index contributed by atoms with van der Waals surface area (Å²) in [6.45, 7) is 3.22. The molecule has 4 nitrogen and oxygen atoms in total. The first kappa shape index (κ1) is 23.7. The molecule has 0 bridgehead atoms. The van der Waals surface area contributed by atoms with Crippen LogP contribution in [0.4, 0.5) is 4.39 Å². The van der Waals surface area contributed by atoms with Gasteiger partial charge in [0, 0.05) is 36.6 Å². The first-order valence-corrected chi connectivity index (χ1v) is 12.8. The molecule has 0 aliphatic carbocycles. The van der Waals surface area contributed by atoms with Crippen LogP contribution in [0.25, 0.3) is 0 Å². The van der Waals surface area contributed by atoms with E-state index in [2.05, 4.69) is 17.0 Å². The zero-order valence-corrected chi connectivity index (χ0v) is 20.7. The lowest BCUT2D eigenvalue weighted by molar-refractivity contribution is 0.0729. The van der Waals surface area contributed by atoms with Gasteiger partial charge >= 0.3 is 0 Å². The van der Waals surface area contributed by atoms with Crippen molar-refractivity contribution in [3.8, 4) is 0 Å².